The van der Waals surface area contributed by atoms with Crippen molar-refractivity contribution in [1.82, 2.24) is 5.32 Å². The molecule has 3 aromatic rings. The molecule has 2 amide bonds. The number of hydrogen-bond acceptors (Lipinski definition) is 4. The van der Waals surface area contributed by atoms with Gasteiger partial charge in [0.05, 0.1) is 7.11 Å². The summed E-state index contributed by atoms with van der Waals surface area (Å²) in [6.07, 6.45) is 1.55. The van der Waals surface area contributed by atoms with E-state index in [1.165, 1.54) is 14.0 Å². The van der Waals surface area contributed by atoms with Gasteiger partial charge in [-0.05, 0) is 79.2 Å². The van der Waals surface area contributed by atoms with Gasteiger partial charge in [-0.15, -0.1) is 0 Å². The van der Waals surface area contributed by atoms with Crippen LogP contribution in [0.25, 0.3) is 6.08 Å². The Bertz CT molecular complexity index is 1150. The maximum Gasteiger partial charge on any atom is 0.272 e. The largest absolute Gasteiger partial charge is 0.497 e. The third kappa shape index (κ3) is 6.06. The smallest absolute Gasteiger partial charge is 0.272 e. The van der Waals surface area contributed by atoms with Gasteiger partial charge >= 0.3 is 0 Å². The van der Waals surface area contributed by atoms with Crippen molar-refractivity contribution in [3.63, 3.8) is 0 Å². The molecule has 0 fully saturated rings. The van der Waals surface area contributed by atoms with Crippen LogP contribution in [-0.4, -0.2) is 24.7 Å². The van der Waals surface area contributed by atoms with Crippen molar-refractivity contribution in [2.45, 2.75) is 6.92 Å². The highest BCUT2D eigenvalue weighted by molar-refractivity contribution is 6.30. The maximum absolute atomic E-state index is 13.0. The van der Waals surface area contributed by atoms with Gasteiger partial charge in [-0.2, -0.15) is 0 Å². The molecule has 2 N–H and O–H groups in total. The molecule has 0 bridgehead atoms. The molecule has 0 atom stereocenters. The van der Waals surface area contributed by atoms with Crippen LogP contribution < -0.4 is 15.4 Å². The Morgan fingerprint density at radius 2 is 1.44 bits per heavy atom. The quantitative estimate of drug-likeness (QED) is 0.395. The number of benzene rings is 3. The molecule has 0 heterocycles. The van der Waals surface area contributed by atoms with Crippen LogP contribution in [0.2, 0.25) is 5.02 Å². The Morgan fingerprint density at radius 1 is 0.844 bits per heavy atom. The third-order valence-electron chi connectivity index (χ3n) is 4.58. The molecule has 7 heteroatoms. The minimum atomic E-state index is -0.516. The number of halogens is 1. The fourth-order valence-electron chi connectivity index (χ4n) is 2.81. The Balaban J connectivity index is 1.85. The van der Waals surface area contributed by atoms with Crippen LogP contribution >= 0.6 is 11.6 Å². The van der Waals surface area contributed by atoms with Crippen LogP contribution in [-0.2, 0) is 4.79 Å². The highest BCUT2D eigenvalue weighted by Gasteiger charge is 2.15. The van der Waals surface area contributed by atoms with Crippen molar-refractivity contribution in [2.24, 2.45) is 0 Å². The lowest BCUT2D eigenvalue weighted by atomic mass is 10.1. The second kappa shape index (κ2) is 10.4. The molecule has 0 unspecified atom stereocenters. The second-order valence-corrected chi connectivity index (χ2v) is 7.32. The number of hydrogen-bond donors (Lipinski definition) is 2. The summed E-state index contributed by atoms with van der Waals surface area (Å²) < 4.78 is 5.11. The van der Waals surface area contributed by atoms with Crippen LogP contribution in [0.15, 0.2) is 78.5 Å². The second-order valence-electron chi connectivity index (χ2n) is 6.88. The lowest BCUT2D eigenvalue weighted by Gasteiger charge is -2.12. The van der Waals surface area contributed by atoms with Crippen LogP contribution in [0.3, 0.4) is 0 Å². The van der Waals surface area contributed by atoms with E-state index < -0.39 is 11.8 Å². The van der Waals surface area contributed by atoms with Gasteiger partial charge in [0.2, 0.25) is 0 Å². The van der Waals surface area contributed by atoms with Gasteiger partial charge in [-0.25, -0.2) is 0 Å². The lowest BCUT2D eigenvalue weighted by molar-refractivity contribution is -0.113. The zero-order valence-corrected chi connectivity index (χ0v) is 18.3. The summed E-state index contributed by atoms with van der Waals surface area (Å²) in [5.74, 6) is -0.421. The predicted octanol–water partition coefficient (Wildman–Crippen LogP) is 4.96. The molecule has 0 spiro atoms. The molecule has 0 saturated heterocycles. The lowest BCUT2D eigenvalue weighted by Crippen LogP contribution is -2.30. The average Bonchev–Trinajstić information content (AvgIpc) is 2.80. The molecule has 3 rings (SSSR count). The number of nitrogens with one attached hydrogen (secondary N) is 2. The Morgan fingerprint density at radius 3 is 2.00 bits per heavy atom. The molecule has 0 aliphatic carbocycles. The highest BCUT2D eigenvalue weighted by atomic mass is 35.5. The summed E-state index contributed by atoms with van der Waals surface area (Å²) in [6.45, 7) is 1.47. The zero-order valence-electron chi connectivity index (χ0n) is 17.5. The first-order valence-corrected chi connectivity index (χ1v) is 10.1. The van der Waals surface area contributed by atoms with E-state index in [0.717, 1.165) is 0 Å². The molecular formula is C25H21ClN2O4. The molecule has 32 heavy (non-hydrogen) atoms. The molecule has 0 radical (unpaired) electrons. The number of ether oxygens (including phenoxy) is 1. The molecular weight excluding hydrogens is 428 g/mol. The summed E-state index contributed by atoms with van der Waals surface area (Å²) in [5, 5.41) is 5.96. The molecule has 3 aromatic carbocycles. The normalized spacial score (nSPS) is 10.9. The Hall–Kier alpha value is -3.90. The maximum atomic E-state index is 13.0. The monoisotopic (exact) mass is 448 g/mol. The number of ketones is 1. The van der Waals surface area contributed by atoms with Crippen molar-refractivity contribution in [3.05, 3.63) is 100 Å². The van der Waals surface area contributed by atoms with Gasteiger partial charge in [0.25, 0.3) is 11.8 Å². The van der Waals surface area contributed by atoms with Gasteiger partial charge in [-0.1, -0.05) is 23.7 Å². The van der Waals surface area contributed by atoms with E-state index in [-0.39, 0.29) is 11.5 Å². The minimum Gasteiger partial charge on any atom is -0.497 e. The fraction of sp³-hybridized carbons (Fsp3) is 0.0800. The van der Waals surface area contributed by atoms with Gasteiger partial charge in [-0.3, -0.25) is 14.4 Å². The molecule has 0 aliphatic heterocycles. The van der Waals surface area contributed by atoms with Gasteiger partial charge in [0, 0.05) is 21.8 Å². The molecule has 0 aliphatic rings. The predicted molar refractivity (Wildman–Crippen MR) is 125 cm³/mol. The average molecular weight is 449 g/mol. The van der Waals surface area contributed by atoms with E-state index in [0.29, 0.717) is 33.1 Å². The van der Waals surface area contributed by atoms with Crippen molar-refractivity contribution in [2.75, 3.05) is 12.4 Å². The van der Waals surface area contributed by atoms with Crippen LogP contribution in [0, 0.1) is 0 Å². The third-order valence-corrected chi connectivity index (χ3v) is 4.83. The standard InChI is InChI=1S/C25H21ClN2O4/c1-16(29)18-5-11-21(12-6-18)27-25(31)23(15-17-3-9-20(26)10-4-17)28-24(30)19-7-13-22(32-2)14-8-19/h3-15H,1-2H3,(H,27,31)(H,28,30)/b23-15-. The van der Waals surface area contributed by atoms with Gasteiger partial charge in [0.1, 0.15) is 11.4 Å². The Kier molecular flexibility index (Phi) is 7.41. The minimum absolute atomic E-state index is 0.0452. The van der Waals surface area contributed by atoms with Crippen LogP contribution in [0.1, 0.15) is 33.2 Å². The number of anilines is 1. The fourth-order valence-corrected chi connectivity index (χ4v) is 2.93. The SMILES string of the molecule is COc1ccc(C(=O)N/C(=C\c2ccc(Cl)cc2)C(=O)Nc2ccc(C(C)=O)cc2)cc1. The summed E-state index contributed by atoms with van der Waals surface area (Å²) in [6, 6.07) is 19.9. The van der Waals surface area contributed by atoms with Crippen molar-refractivity contribution >= 4 is 41.0 Å². The summed E-state index contributed by atoms with van der Waals surface area (Å²) in [5.41, 5.74) is 2.12. The van der Waals surface area contributed by atoms with E-state index in [9.17, 15) is 14.4 Å². The summed E-state index contributed by atoms with van der Waals surface area (Å²) in [7, 11) is 1.54. The van der Waals surface area contributed by atoms with Crippen molar-refractivity contribution < 1.29 is 19.1 Å². The first-order chi connectivity index (χ1) is 15.4. The number of amides is 2. The van der Waals surface area contributed by atoms with E-state index in [4.69, 9.17) is 16.3 Å². The molecule has 6 nitrogen and oxygen atoms in total. The number of rotatable bonds is 7. The summed E-state index contributed by atoms with van der Waals surface area (Å²) >= 11 is 5.94. The molecule has 0 saturated carbocycles. The van der Waals surface area contributed by atoms with Crippen LogP contribution in [0.5, 0.6) is 5.75 Å². The van der Waals surface area contributed by atoms with Crippen LogP contribution in [0.4, 0.5) is 5.69 Å². The van der Waals surface area contributed by atoms with E-state index in [1.54, 1.807) is 78.9 Å². The van der Waals surface area contributed by atoms with Crippen molar-refractivity contribution in [1.29, 1.82) is 0 Å². The highest BCUT2D eigenvalue weighted by Crippen LogP contribution is 2.16. The van der Waals surface area contributed by atoms with Gasteiger partial charge in [0.15, 0.2) is 5.78 Å². The molecule has 162 valence electrons. The number of methoxy groups -OCH3 is 1. The molecule has 0 aromatic heterocycles. The number of carbonyl (C=O) groups excluding carboxylic acids is 3. The van der Waals surface area contributed by atoms with E-state index in [1.807, 2.05) is 0 Å². The summed E-state index contributed by atoms with van der Waals surface area (Å²) in [4.78, 5) is 37.2. The van der Waals surface area contributed by atoms with Gasteiger partial charge < -0.3 is 15.4 Å². The number of Topliss-reactive ketones (excluding diaryl/α,β-unsaturated/α-hetero) is 1. The topological polar surface area (TPSA) is 84.5 Å². The zero-order chi connectivity index (χ0) is 23.1. The van der Waals surface area contributed by atoms with E-state index >= 15 is 0 Å². The first kappa shape index (κ1) is 22.8. The van der Waals surface area contributed by atoms with E-state index in [2.05, 4.69) is 10.6 Å². The first-order valence-electron chi connectivity index (χ1n) is 9.71. The van der Waals surface area contributed by atoms with Crippen molar-refractivity contribution in [3.8, 4) is 5.75 Å². The number of carbonyl (C=O) groups is 3. The Labute approximate surface area is 190 Å².